The predicted octanol–water partition coefficient (Wildman–Crippen LogP) is 4.30. The Hall–Kier alpha value is -3.49. The van der Waals surface area contributed by atoms with Crippen LogP contribution in [0, 0.1) is 0 Å². The molecule has 0 amide bonds. The molecule has 0 aliphatic carbocycles. The zero-order valence-electron chi connectivity index (χ0n) is 21.0. The monoisotopic (exact) mass is 489 g/mol. The number of ether oxygens (including phenoxy) is 5. The van der Waals surface area contributed by atoms with Crippen LogP contribution in [-0.2, 0) is 0 Å². The Morgan fingerprint density at radius 3 is 2.31 bits per heavy atom. The first-order valence-corrected chi connectivity index (χ1v) is 12.4. The van der Waals surface area contributed by atoms with Crippen LogP contribution in [0.2, 0.25) is 0 Å². The molecular weight excluding hydrogens is 458 g/mol. The van der Waals surface area contributed by atoms with Crippen LogP contribution in [0.4, 0.5) is 0 Å². The van der Waals surface area contributed by atoms with Crippen molar-refractivity contribution in [2.75, 3.05) is 67.4 Å². The lowest BCUT2D eigenvalue weighted by atomic mass is 10.0. The minimum absolute atomic E-state index is 0.235. The van der Waals surface area contributed by atoms with Gasteiger partial charge >= 0.3 is 0 Å². The number of piperazine rings is 1. The van der Waals surface area contributed by atoms with E-state index in [4.69, 9.17) is 28.7 Å². The fourth-order valence-corrected chi connectivity index (χ4v) is 5.11. The van der Waals surface area contributed by atoms with Gasteiger partial charge in [-0.15, -0.1) is 0 Å². The number of likely N-dealkylation sites (N-methyl/N-ethyl adjacent to an activating group) is 1. The zero-order chi connectivity index (χ0) is 24.6. The Morgan fingerprint density at radius 1 is 0.833 bits per heavy atom. The summed E-state index contributed by atoms with van der Waals surface area (Å²) in [6, 6.07) is 12.2. The summed E-state index contributed by atoms with van der Waals surface area (Å²) in [7, 11) is 5.47. The molecule has 4 aromatic rings. The van der Waals surface area contributed by atoms with Crippen LogP contribution in [0.3, 0.4) is 0 Å². The van der Waals surface area contributed by atoms with E-state index in [-0.39, 0.29) is 6.79 Å². The number of fused-ring (bicyclic) bond motifs is 6. The highest BCUT2D eigenvalue weighted by molar-refractivity contribution is 6.17. The van der Waals surface area contributed by atoms with E-state index in [2.05, 4.69) is 29.0 Å². The molecule has 36 heavy (non-hydrogen) atoms. The topological polar surface area (TPSA) is 65.5 Å². The number of methoxy groups -OCH3 is 2. The van der Waals surface area contributed by atoms with Gasteiger partial charge in [0.05, 0.1) is 26.3 Å². The van der Waals surface area contributed by atoms with E-state index in [1.807, 2.05) is 24.3 Å². The van der Waals surface area contributed by atoms with Crippen LogP contribution in [0.25, 0.3) is 32.4 Å². The first-order valence-electron chi connectivity index (χ1n) is 12.4. The van der Waals surface area contributed by atoms with Gasteiger partial charge in [0, 0.05) is 54.3 Å². The van der Waals surface area contributed by atoms with Crippen molar-refractivity contribution in [3.8, 4) is 28.9 Å². The molecule has 6 rings (SSSR count). The number of aromatic nitrogens is 1. The minimum atomic E-state index is 0.235. The summed E-state index contributed by atoms with van der Waals surface area (Å²) in [5.74, 6) is 3.41. The van der Waals surface area contributed by atoms with Crippen molar-refractivity contribution in [1.29, 1.82) is 0 Å². The Balaban J connectivity index is 1.40. The molecule has 8 nitrogen and oxygen atoms in total. The van der Waals surface area contributed by atoms with Gasteiger partial charge in [0.1, 0.15) is 0 Å². The van der Waals surface area contributed by atoms with Gasteiger partial charge in [0.25, 0.3) is 0 Å². The third-order valence-electron chi connectivity index (χ3n) is 7.20. The van der Waals surface area contributed by atoms with Crippen LogP contribution in [0.5, 0.6) is 28.9 Å². The van der Waals surface area contributed by atoms with Crippen LogP contribution < -0.4 is 23.7 Å². The fraction of sp³-hybridized carbons (Fsp3) is 0.393. The number of hydrogen-bond donors (Lipinski definition) is 0. The van der Waals surface area contributed by atoms with Crippen molar-refractivity contribution in [3.05, 3.63) is 36.4 Å². The molecular formula is C28H31N3O5. The predicted molar refractivity (Wildman–Crippen MR) is 140 cm³/mol. The summed E-state index contributed by atoms with van der Waals surface area (Å²) in [4.78, 5) is 9.92. The highest BCUT2D eigenvalue weighted by atomic mass is 16.7. The van der Waals surface area contributed by atoms with Gasteiger partial charge in [-0.25, -0.2) is 4.98 Å². The highest BCUT2D eigenvalue weighted by Crippen LogP contribution is 2.43. The van der Waals surface area contributed by atoms with E-state index in [1.165, 1.54) is 0 Å². The lowest BCUT2D eigenvalue weighted by molar-refractivity contribution is 0.145. The molecule has 1 aromatic heterocycles. The van der Waals surface area contributed by atoms with Crippen LogP contribution in [0.1, 0.15) is 6.42 Å². The second-order valence-corrected chi connectivity index (χ2v) is 9.40. The molecule has 0 N–H and O–H groups in total. The van der Waals surface area contributed by atoms with Gasteiger partial charge < -0.3 is 33.5 Å². The summed E-state index contributed by atoms with van der Waals surface area (Å²) in [5, 5.41) is 4.96. The van der Waals surface area contributed by atoms with Crippen LogP contribution in [0.15, 0.2) is 36.4 Å². The van der Waals surface area contributed by atoms with Gasteiger partial charge in [-0.1, -0.05) is 12.1 Å². The van der Waals surface area contributed by atoms with Crippen molar-refractivity contribution < 1.29 is 23.7 Å². The molecule has 3 heterocycles. The molecule has 8 heteroatoms. The quantitative estimate of drug-likeness (QED) is 0.281. The molecule has 188 valence electrons. The Morgan fingerprint density at radius 2 is 1.56 bits per heavy atom. The van der Waals surface area contributed by atoms with Gasteiger partial charge in [0.2, 0.25) is 12.7 Å². The summed E-state index contributed by atoms with van der Waals surface area (Å²) >= 11 is 0. The molecule has 1 saturated heterocycles. The second-order valence-electron chi connectivity index (χ2n) is 9.40. The van der Waals surface area contributed by atoms with E-state index in [0.717, 1.165) is 83.1 Å². The molecule has 2 aliphatic heterocycles. The Labute approximate surface area is 210 Å². The maximum Gasteiger partial charge on any atom is 0.231 e. The first kappa shape index (κ1) is 22.9. The summed E-state index contributed by atoms with van der Waals surface area (Å²) in [5.41, 5.74) is 0.861. The molecule has 0 unspecified atom stereocenters. The number of rotatable bonds is 7. The van der Waals surface area contributed by atoms with E-state index >= 15 is 0 Å². The van der Waals surface area contributed by atoms with Gasteiger partial charge in [-0.05, 0) is 43.1 Å². The van der Waals surface area contributed by atoms with Crippen molar-refractivity contribution in [2.45, 2.75) is 6.42 Å². The van der Waals surface area contributed by atoms with E-state index in [1.54, 1.807) is 14.2 Å². The van der Waals surface area contributed by atoms with Crippen molar-refractivity contribution in [2.24, 2.45) is 0 Å². The van der Waals surface area contributed by atoms with E-state index in [9.17, 15) is 0 Å². The first-order chi connectivity index (χ1) is 17.6. The second kappa shape index (κ2) is 9.52. The SMILES string of the molecule is COc1cc2c(OCCCN3CCN(C)CC3)nc3c4cc5c(cc4ccc3c2cc1OC)OCO5. The Kier molecular flexibility index (Phi) is 6.07. The van der Waals surface area contributed by atoms with Crippen molar-refractivity contribution >= 4 is 32.4 Å². The largest absolute Gasteiger partial charge is 0.493 e. The maximum absolute atomic E-state index is 6.35. The molecule has 0 radical (unpaired) electrons. The van der Waals surface area contributed by atoms with Crippen molar-refractivity contribution in [3.63, 3.8) is 0 Å². The van der Waals surface area contributed by atoms with Gasteiger partial charge in [-0.2, -0.15) is 0 Å². The van der Waals surface area contributed by atoms with Gasteiger partial charge in [0.15, 0.2) is 23.0 Å². The number of nitrogens with zero attached hydrogens (tertiary/aromatic N) is 3. The number of pyridine rings is 1. The fourth-order valence-electron chi connectivity index (χ4n) is 5.11. The molecule has 2 aliphatic rings. The summed E-state index contributed by atoms with van der Waals surface area (Å²) in [6.45, 7) is 6.28. The molecule has 0 bridgehead atoms. The summed E-state index contributed by atoms with van der Waals surface area (Å²) in [6.07, 6.45) is 0.937. The Bertz CT molecular complexity index is 1430. The smallest absolute Gasteiger partial charge is 0.231 e. The van der Waals surface area contributed by atoms with Crippen LogP contribution in [-0.4, -0.2) is 82.2 Å². The lowest BCUT2D eigenvalue weighted by Gasteiger charge is -2.32. The third kappa shape index (κ3) is 4.10. The standard InChI is InChI=1S/C28H31N3O5/c1-30-8-10-31(11-9-30)7-4-12-34-28-22-16-24(33-3)23(32-2)15-21(22)19-6-5-18-13-25-26(36-17-35-25)14-20(18)27(19)29-28/h5-6,13-16H,4,7-12,17H2,1-3H3. The zero-order valence-corrected chi connectivity index (χ0v) is 21.0. The van der Waals surface area contributed by atoms with E-state index in [0.29, 0.717) is 24.0 Å². The molecule has 0 atom stereocenters. The molecule has 3 aromatic carbocycles. The normalized spacial score (nSPS) is 16.2. The number of benzene rings is 3. The maximum atomic E-state index is 6.35. The average molecular weight is 490 g/mol. The molecule has 0 spiro atoms. The third-order valence-corrected chi connectivity index (χ3v) is 7.20. The van der Waals surface area contributed by atoms with Crippen LogP contribution >= 0.6 is 0 Å². The van der Waals surface area contributed by atoms with Gasteiger partial charge in [-0.3, -0.25) is 0 Å². The highest BCUT2D eigenvalue weighted by Gasteiger charge is 2.20. The molecule has 1 fully saturated rings. The van der Waals surface area contributed by atoms with E-state index < -0.39 is 0 Å². The molecule has 0 saturated carbocycles. The van der Waals surface area contributed by atoms with Crippen molar-refractivity contribution in [1.82, 2.24) is 14.8 Å². The minimum Gasteiger partial charge on any atom is -0.493 e. The summed E-state index contributed by atoms with van der Waals surface area (Å²) < 4.78 is 28.8. The number of hydrogen-bond acceptors (Lipinski definition) is 8. The lowest BCUT2D eigenvalue weighted by Crippen LogP contribution is -2.44. The average Bonchev–Trinajstić information content (AvgIpc) is 3.37.